The molecule has 0 bridgehead atoms. The molecule has 0 aromatic rings. The van der Waals surface area contributed by atoms with E-state index in [4.69, 9.17) is 25.8 Å². The third-order valence-electron chi connectivity index (χ3n) is 1.38. The second kappa shape index (κ2) is 6.27. The SMILES string of the molecule is C=COC(C)(C)OC(C)OCC(C)Cl. The van der Waals surface area contributed by atoms with Crippen molar-refractivity contribution < 1.29 is 14.2 Å². The fourth-order valence-electron chi connectivity index (χ4n) is 0.930. The van der Waals surface area contributed by atoms with Gasteiger partial charge in [0.15, 0.2) is 6.29 Å². The van der Waals surface area contributed by atoms with Crippen molar-refractivity contribution in [3.8, 4) is 0 Å². The maximum Gasteiger partial charge on any atom is 0.206 e. The lowest BCUT2D eigenvalue weighted by atomic mass is 10.4. The largest absolute Gasteiger partial charge is 0.471 e. The molecule has 0 radical (unpaired) electrons. The van der Waals surface area contributed by atoms with Crippen molar-refractivity contribution in [2.45, 2.75) is 45.1 Å². The molecule has 0 saturated heterocycles. The molecule has 0 aromatic carbocycles. The van der Waals surface area contributed by atoms with E-state index in [0.29, 0.717) is 6.61 Å². The Balaban J connectivity index is 3.79. The lowest BCUT2D eigenvalue weighted by molar-refractivity contribution is -0.269. The molecule has 3 nitrogen and oxygen atoms in total. The highest BCUT2D eigenvalue weighted by Crippen LogP contribution is 2.15. The van der Waals surface area contributed by atoms with Crippen LogP contribution in [0.25, 0.3) is 0 Å². The second-order valence-corrected chi connectivity index (χ2v) is 4.23. The predicted molar refractivity (Wildman–Crippen MR) is 57.2 cm³/mol. The normalized spacial score (nSPS) is 16.1. The van der Waals surface area contributed by atoms with Crippen LogP contribution in [0.2, 0.25) is 0 Å². The maximum atomic E-state index is 5.73. The summed E-state index contributed by atoms with van der Waals surface area (Å²) in [6.07, 6.45) is 0.989. The van der Waals surface area contributed by atoms with Crippen LogP contribution < -0.4 is 0 Å². The van der Waals surface area contributed by atoms with E-state index in [1.165, 1.54) is 6.26 Å². The Labute approximate surface area is 91.0 Å². The Morgan fingerprint density at radius 1 is 1.43 bits per heavy atom. The van der Waals surface area contributed by atoms with Gasteiger partial charge in [-0.3, -0.25) is 0 Å². The quantitative estimate of drug-likeness (QED) is 0.377. The number of hydrogen-bond acceptors (Lipinski definition) is 3. The minimum absolute atomic E-state index is 0.0236. The summed E-state index contributed by atoms with van der Waals surface area (Å²) in [5, 5.41) is -0.0236. The van der Waals surface area contributed by atoms with Gasteiger partial charge in [-0.25, -0.2) is 0 Å². The number of halogens is 1. The zero-order valence-electron chi connectivity index (χ0n) is 9.25. The average Bonchev–Trinajstić information content (AvgIpc) is 1.99. The Hall–Kier alpha value is -0.250. The van der Waals surface area contributed by atoms with Gasteiger partial charge in [0.1, 0.15) is 0 Å². The first-order valence-corrected chi connectivity index (χ1v) is 5.03. The summed E-state index contributed by atoms with van der Waals surface area (Å²) in [6, 6.07) is 0. The van der Waals surface area contributed by atoms with Crippen LogP contribution in [0.1, 0.15) is 27.7 Å². The number of ether oxygens (including phenoxy) is 3. The van der Waals surface area contributed by atoms with E-state index in [0.717, 1.165) is 0 Å². The van der Waals surface area contributed by atoms with Gasteiger partial charge in [0.2, 0.25) is 5.79 Å². The van der Waals surface area contributed by atoms with E-state index in [9.17, 15) is 0 Å². The van der Waals surface area contributed by atoms with Crippen LogP contribution in [0, 0.1) is 0 Å². The third kappa shape index (κ3) is 7.18. The zero-order valence-corrected chi connectivity index (χ0v) is 10.0. The molecule has 0 aromatic heterocycles. The van der Waals surface area contributed by atoms with Gasteiger partial charge in [0, 0.05) is 13.8 Å². The second-order valence-electron chi connectivity index (χ2n) is 3.48. The van der Waals surface area contributed by atoms with Gasteiger partial charge in [-0.15, -0.1) is 11.6 Å². The lowest BCUT2D eigenvalue weighted by Gasteiger charge is -2.28. The summed E-state index contributed by atoms with van der Waals surface area (Å²) in [7, 11) is 0. The molecular weight excluding hydrogens is 204 g/mol. The summed E-state index contributed by atoms with van der Waals surface area (Å²) in [4.78, 5) is 0. The molecule has 2 unspecified atom stereocenters. The molecule has 14 heavy (non-hydrogen) atoms. The molecule has 0 spiro atoms. The molecule has 0 amide bonds. The van der Waals surface area contributed by atoms with Crippen molar-refractivity contribution >= 4 is 11.6 Å². The molecule has 0 N–H and O–H groups in total. The fourth-order valence-corrected chi connectivity index (χ4v) is 1.00. The van der Waals surface area contributed by atoms with Crippen molar-refractivity contribution in [3.63, 3.8) is 0 Å². The third-order valence-corrected chi connectivity index (χ3v) is 1.50. The molecule has 0 fully saturated rings. The van der Waals surface area contributed by atoms with Crippen molar-refractivity contribution in [2.75, 3.05) is 6.61 Å². The van der Waals surface area contributed by atoms with Crippen LogP contribution in [-0.4, -0.2) is 24.1 Å². The molecule has 84 valence electrons. The van der Waals surface area contributed by atoms with Gasteiger partial charge in [-0.2, -0.15) is 0 Å². The summed E-state index contributed by atoms with van der Waals surface area (Å²) < 4.78 is 15.9. The molecule has 0 rings (SSSR count). The van der Waals surface area contributed by atoms with Crippen molar-refractivity contribution in [2.24, 2.45) is 0 Å². The zero-order chi connectivity index (χ0) is 11.2. The van der Waals surface area contributed by atoms with Crippen molar-refractivity contribution in [1.29, 1.82) is 0 Å². The summed E-state index contributed by atoms with van der Waals surface area (Å²) in [5.74, 6) is -0.725. The van der Waals surface area contributed by atoms with Crippen LogP contribution in [0.4, 0.5) is 0 Å². The molecular formula is C10H19ClO3. The Morgan fingerprint density at radius 2 is 2.00 bits per heavy atom. The summed E-state index contributed by atoms with van der Waals surface area (Å²) >= 11 is 5.73. The summed E-state index contributed by atoms with van der Waals surface area (Å²) in [6.45, 7) is 11.2. The monoisotopic (exact) mass is 222 g/mol. The molecule has 4 heteroatoms. The van der Waals surface area contributed by atoms with E-state index in [-0.39, 0.29) is 11.7 Å². The van der Waals surface area contributed by atoms with Crippen molar-refractivity contribution in [3.05, 3.63) is 12.8 Å². The molecule has 0 aliphatic rings. The lowest BCUT2D eigenvalue weighted by Crippen LogP contribution is -2.32. The molecule has 0 saturated carbocycles. The first kappa shape index (κ1) is 13.8. The molecule has 0 aliphatic carbocycles. The van der Waals surface area contributed by atoms with Gasteiger partial charge in [0.25, 0.3) is 0 Å². The van der Waals surface area contributed by atoms with Crippen molar-refractivity contribution in [1.82, 2.24) is 0 Å². The van der Waals surface area contributed by atoms with E-state index in [1.807, 2.05) is 6.92 Å². The number of alkyl halides is 1. The maximum absolute atomic E-state index is 5.73. The fraction of sp³-hybridized carbons (Fsp3) is 0.800. The minimum atomic E-state index is -0.725. The van der Waals surface area contributed by atoms with E-state index >= 15 is 0 Å². The van der Waals surface area contributed by atoms with Crippen LogP contribution in [0.5, 0.6) is 0 Å². The number of rotatable bonds is 7. The highest BCUT2D eigenvalue weighted by Gasteiger charge is 2.22. The molecule has 2 atom stereocenters. The molecule has 0 heterocycles. The average molecular weight is 223 g/mol. The molecule has 0 aliphatic heterocycles. The van der Waals surface area contributed by atoms with E-state index in [1.54, 1.807) is 20.8 Å². The van der Waals surface area contributed by atoms with Gasteiger partial charge in [0.05, 0.1) is 18.2 Å². The van der Waals surface area contributed by atoms with E-state index < -0.39 is 5.79 Å². The Morgan fingerprint density at radius 3 is 2.43 bits per heavy atom. The Bertz CT molecular complexity index is 169. The van der Waals surface area contributed by atoms with Crippen LogP contribution in [0.15, 0.2) is 12.8 Å². The topological polar surface area (TPSA) is 27.7 Å². The van der Waals surface area contributed by atoms with Crippen LogP contribution in [-0.2, 0) is 14.2 Å². The van der Waals surface area contributed by atoms with Gasteiger partial charge in [-0.1, -0.05) is 6.58 Å². The first-order valence-electron chi connectivity index (χ1n) is 4.59. The highest BCUT2D eigenvalue weighted by molar-refractivity contribution is 6.20. The Kier molecular flexibility index (Phi) is 6.16. The van der Waals surface area contributed by atoms with Gasteiger partial charge < -0.3 is 14.2 Å². The van der Waals surface area contributed by atoms with Gasteiger partial charge in [-0.05, 0) is 13.8 Å². The van der Waals surface area contributed by atoms with E-state index in [2.05, 4.69) is 6.58 Å². The van der Waals surface area contributed by atoms with Gasteiger partial charge >= 0.3 is 0 Å². The first-order chi connectivity index (χ1) is 6.37. The minimum Gasteiger partial charge on any atom is -0.471 e. The van der Waals surface area contributed by atoms with Crippen LogP contribution >= 0.6 is 11.6 Å². The standard InChI is InChI=1S/C10H19ClO3/c1-6-13-10(4,5)14-9(3)12-7-8(2)11/h6,8-9H,1,7H2,2-5H3. The predicted octanol–water partition coefficient (Wildman–Crippen LogP) is 2.89. The summed E-state index contributed by atoms with van der Waals surface area (Å²) in [5.41, 5.74) is 0. The highest BCUT2D eigenvalue weighted by atomic mass is 35.5. The smallest absolute Gasteiger partial charge is 0.206 e. The van der Waals surface area contributed by atoms with Crippen LogP contribution in [0.3, 0.4) is 0 Å². The number of hydrogen-bond donors (Lipinski definition) is 0.